The number of carbonyl (C=O) groups is 2. The molecule has 0 radical (unpaired) electrons. The highest BCUT2D eigenvalue weighted by Crippen LogP contribution is 2.29. The highest BCUT2D eigenvalue weighted by atomic mass is 16.5. The van der Waals surface area contributed by atoms with Crippen molar-refractivity contribution in [2.75, 3.05) is 5.32 Å². The molecule has 0 fully saturated rings. The summed E-state index contributed by atoms with van der Waals surface area (Å²) in [6.07, 6.45) is -1.01. The number of amides is 1. The molecule has 2 N–H and O–H groups in total. The largest absolute Gasteiger partial charge is 0.506 e. The van der Waals surface area contributed by atoms with E-state index in [1.807, 2.05) is 44.2 Å². The number of hydrogen-bond acceptors (Lipinski definition) is 4. The second-order valence-electron chi connectivity index (χ2n) is 6.54. The monoisotopic (exact) mass is 363 g/mol. The first-order chi connectivity index (χ1) is 12.9. The highest BCUT2D eigenvalue weighted by Gasteiger charge is 2.22. The fourth-order valence-electron chi connectivity index (χ4n) is 2.80. The highest BCUT2D eigenvalue weighted by molar-refractivity contribution is 6.03. The van der Waals surface area contributed by atoms with Crippen molar-refractivity contribution in [3.05, 3.63) is 71.3 Å². The third kappa shape index (κ3) is 3.92. The van der Waals surface area contributed by atoms with E-state index in [4.69, 9.17) is 4.74 Å². The van der Waals surface area contributed by atoms with E-state index in [9.17, 15) is 14.7 Å². The van der Waals surface area contributed by atoms with Gasteiger partial charge in [0.2, 0.25) is 0 Å². The molecule has 0 spiro atoms. The van der Waals surface area contributed by atoms with E-state index in [0.717, 1.165) is 16.5 Å². The van der Waals surface area contributed by atoms with Gasteiger partial charge in [0.25, 0.3) is 5.91 Å². The third-order valence-electron chi connectivity index (χ3n) is 4.42. The van der Waals surface area contributed by atoms with Crippen molar-refractivity contribution in [1.82, 2.24) is 0 Å². The second kappa shape index (κ2) is 7.50. The van der Waals surface area contributed by atoms with Crippen molar-refractivity contribution in [1.29, 1.82) is 0 Å². The topological polar surface area (TPSA) is 75.6 Å². The number of phenols is 1. The van der Waals surface area contributed by atoms with Gasteiger partial charge in [-0.05, 0) is 49.4 Å². The number of aryl methyl sites for hydroxylation is 2. The van der Waals surface area contributed by atoms with Crippen LogP contribution in [0.15, 0.2) is 54.6 Å². The molecule has 0 saturated carbocycles. The number of ether oxygens (including phenoxy) is 1. The molecule has 0 aliphatic carbocycles. The normalized spacial score (nSPS) is 11.8. The van der Waals surface area contributed by atoms with Gasteiger partial charge in [0.1, 0.15) is 11.3 Å². The minimum absolute atomic E-state index is 0.0279. The van der Waals surface area contributed by atoms with Crippen molar-refractivity contribution in [3.63, 3.8) is 0 Å². The lowest BCUT2D eigenvalue weighted by molar-refractivity contribution is -0.123. The number of anilines is 1. The van der Waals surface area contributed by atoms with Crippen molar-refractivity contribution in [3.8, 4) is 5.75 Å². The van der Waals surface area contributed by atoms with Crippen LogP contribution in [0, 0.1) is 13.8 Å². The smallest absolute Gasteiger partial charge is 0.342 e. The Kier molecular flexibility index (Phi) is 5.12. The first kappa shape index (κ1) is 18.5. The van der Waals surface area contributed by atoms with Crippen LogP contribution in [-0.2, 0) is 9.53 Å². The Morgan fingerprint density at radius 1 is 1.04 bits per heavy atom. The number of fused-ring (bicyclic) bond motifs is 1. The van der Waals surface area contributed by atoms with Crippen molar-refractivity contribution < 1.29 is 19.4 Å². The van der Waals surface area contributed by atoms with Gasteiger partial charge in [-0.1, -0.05) is 42.5 Å². The molecule has 0 bridgehead atoms. The molecule has 27 heavy (non-hydrogen) atoms. The fourth-order valence-corrected chi connectivity index (χ4v) is 2.80. The van der Waals surface area contributed by atoms with Gasteiger partial charge in [-0.3, -0.25) is 4.79 Å². The average Bonchev–Trinajstić information content (AvgIpc) is 2.65. The number of nitrogens with one attached hydrogen (secondary N) is 1. The number of rotatable bonds is 4. The maximum atomic E-state index is 12.4. The van der Waals surface area contributed by atoms with Gasteiger partial charge in [0, 0.05) is 11.1 Å². The minimum atomic E-state index is -1.01. The molecule has 0 unspecified atom stereocenters. The van der Waals surface area contributed by atoms with Crippen LogP contribution in [-0.4, -0.2) is 23.1 Å². The Morgan fingerprint density at radius 3 is 2.56 bits per heavy atom. The molecule has 0 saturated heterocycles. The van der Waals surface area contributed by atoms with Gasteiger partial charge in [-0.2, -0.15) is 0 Å². The predicted octanol–water partition coefficient (Wildman–Crippen LogP) is 4.35. The molecule has 3 aromatic carbocycles. The fraction of sp³-hybridized carbons (Fsp3) is 0.182. The van der Waals surface area contributed by atoms with Gasteiger partial charge < -0.3 is 15.2 Å². The summed E-state index contributed by atoms with van der Waals surface area (Å²) in [6.45, 7) is 5.32. The zero-order valence-corrected chi connectivity index (χ0v) is 15.4. The molecule has 1 atom stereocenters. The molecule has 3 aromatic rings. The summed E-state index contributed by atoms with van der Waals surface area (Å²) < 4.78 is 5.26. The maximum Gasteiger partial charge on any atom is 0.342 e. The number of phenolic OH excluding ortho intramolecular Hbond substituents is 1. The molecule has 5 heteroatoms. The van der Waals surface area contributed by atoms with E-state index in [1.165, 1.54) is 13.0 Å². The molecule has 0 aromatic heterocycles. The lowest BCUT2D eigenvalue weighted by Gasteiger charge is -2.16. The quantitative estimate of drug-likeness (QED) is 0.676. The van der Waals surface area contributed by atoms with Crippen molar-refractivity contribution in [2.45, 2.75) is 26.9 Å². The van der Waals surface area contributed by atoms with Crippen LogP contribution in [0.1, 0.15) is 28.4 Å². The van der Waals surface area contributed by atoms with E-state index in [0.29, 0.717) is 11.1 Å². The molecule has 3 rings (SSSR count). The van der Waals surface area contributed by atoms with Gasteiger partial charge in [-0.15, -0.1) is 0 Å². The zero-order valence-electron chi connectivity index (χ0n) is 15.4. The standard InChI is InChI=1S/C22H21NO4/c1-13-8-9-14(2)19(12-13)23-21(25)15(3)27-22(26)18-11-10-16-6-4-5-7-17(16)20(18)24/h4-12,15,24H,1-3H3,(H,23,25)/t15-/m0/s1. The van der Waals surface area contributed by atoms with E-state index in [1.54, 1.807) is 18.2 Å². The molecule has 0 aliphatic heterocycles. The second-order valence-corrected chi connectivity index (χ2v) is 6.54. The summed E-state index contributed by atoms with van der Waals surface area (Å²) in [5.41, 5.74) is 2.64. The molecule has 0 heterocycles. The Bertz CT molecular complexity index is 1030. The Morgan fingerprint density at radius 2 is 1.78 bits per heavy atom. The minimum Gasteiger partial charge on any atom is -0.506 e. The number of esters is 1. The number of carbonyl (C=O) groups excluding carboxylic acids is 2. The van der Waals surface area contributed by atoms with Crippen LogP contribution in [0.25, 0.3) is 10.8 Å². The number of benzene rings is 3. The Hall–Kier alpha value is -3.34. The Balaban J connectivity index is 1.74. The van der Waals surface area contributed by atoms with Crippen LogP contribution >= 0.6 is 0 Å². The van der Waals surface area contributed by atoms with Crippen LogP contribution < -0.4 is 5.32 Å². The first-order valence-corrected chi connectivity index (χ1v) is 8.66. The number of aromatic hydroxyl groups is 1. The molecule has 5 nitrogen and oxygen atoms in total. The van der Waals surface area contributed by atoms with Crippen LogP contribution in [0.2, 0.25) is 0 Å². The van der Waals surface area contributed by atoms with Gasteiger partial charge >= 0.3 is 5.97 Å². The van der Waals surface area contributed by atoms with E-state index >= 15 is 0 Å². The molecular formula is C22H21NO4. The van der Waals surface area contributed by atoms with Crippen molar-refractivity contribution >= 4 is 28.3 Å². The van der Waals surface area contributed by atoms with Gasteiger partial charge in [0.15, 0.2) is 6.10 Å². The summed E-state index contributed by atoms with van der Waals surface area (Å²) >= 11 is 0. The van der Waals surface area contributed by atoms with E-state index in [2.05, 4.69) is 5.32 Å². The summed E-state index contributed by atoms with van der Waals surface area (Å²) in [5, 5.41) is 14.5. The summed E-state index contributed by atoms with van der Waals surface area (Å²) in [5.74, 6) is -1.33. The summed E-state index contributed by atoms with van der Waals surface area (Å²) in [6, 6.07) is 16.1. The summed E-state index contributed by atoms with van der Waals surface area (Å²) in [7, 11) is 0. The lowest BCUT2D eigenvalue weighted by Crippen LogP contribution is -2.30. The number of hydrogen-bond donors (Lipinski definition) is 2. The molecule has 138 valence electrons. The SMILES string of the molecule is Cc1ccc(C)c(NC(=O)[C@H](C)OC(=O)c2ccc3ccccc3c2O)c1. The Labute approximate surface area is 157 Å². The first-order valence-electron chi connectivity index (χ1n) is 8.66. The zero-order chi connectivity index (χ0) is 19.6. The van der Waals surface area contributed by atoms with Crippen LogP contribution in [0.4, 0.5) is 5.69 Å². The average molecular weight is 363 g/mol. The van der Waals surface area contributed by atoms with Crippen molar-refractivity contribution in [2.24, 2.45) is 0 Å². The molecule has 0 aliphatic rings. The van der Waals surface area contributed by atoms with Gasteiger partial charge in [0.05, 0.1) is 0 Å². The van der Waals surface area contributed by atoms with E-state index < -0.39 is 18.0 Å². The lowest BCUT2D eigenvalue weighted by atomic mass is 10.1. The predicted molar refractivity (Wildman–Crippen MR) is 105 cm³/mol. The van der Waals surface area contributed by atoms with Gasteiger partial charge in [-0.25, -0.2) is 4.79 Å². The van der Waals surface area contributed by atoms with E-state index in [-0.39, 0.29) is 11.3 Å². The maximum absolute atomic E-state index is 12.4. The molecule has 1 amide bonds. The van der Waals surface area contributed by atoms with Crippen LogP contribution in [0.5, 0.6) is 5.75 Å². The molecular weight excluding hydrogens is 342 g/mol. The van der Waals surface area contributed by atoms with Crippen LogP contribution in [0.3, 0.4) is 0 Å². The summed E-state index contributed by atoms with van der Waals surface area (Å²) in [4.78, 5) is 24.8. The third-order valence-corrected chi connectivity index (χ3v) is 4.42.